The Morgan fingerprint density at radius 2 is 2.00 bits per heavy atom. The molecule has 1 fully saturated rings. The number of carbonyl (C=O) groups excluding carboxylic acids is 1. The molecule has 3 heteroatoms. The van der Waals surface area contributed by atoms with Gasteiger partial charge in [-0.1, -0.05) is 6.07 Å². The summed E-state index contributed by atoms with van der Waals surface area (Å²) in [4.78, 5) is 12.5. The summed E-state index contributed by atoms with van der Waals surface area (Å²) >= 11 is 0. The molecule has 2 nitrogen and oxygen atoms in total. The van der Waals surface area contributed by atoms with E-state index in [-0.39, 0.29) is 17.5 Å². The molecule has 0 aliphatic heterocycles. The maximum Gasteiger partial charge on any atom is 0.148 e. The minimum absolute atomic E-state index is 0.184. The smallest absolute Gasteiger partial charge is 0.148 e. The number of ketones is 1. The Morgan fingerprint density at radius 3 is 2.76 bits per heavy atom. The molecule has 0 amide bonds. The zero-order valence-corrected chi connectivity index (χ0v) is 10.6. The van der Waals surface area contributed by atoms with E-state index in [2.05, 4.69) is 6.07 Å². The molecule has 1 aromatic carbocycles. The highest BCUT2D eigenvalue weighted by molar-refractivity contribution is 7.85. The third-order valence-electron chi connectivity index (χ3n) is 3.64. The molecule has 0 heterocycles. The molecule has 1 atom stereocenters. The first kappa shape index (κ1) is 11.1. The quantitative estimate of drug-likeness (QED) is 0.819. The summed E-state index contributed by atoms with van der Waals surface area (Å²) in [5.41, 5.74) is 2.72. The molecule has 0 radical (unpaired) electrons. The summed E-state index contributed by atoms with van der Waals surface area (Å²) in [6.07, 6.45) is 5.44. The predicted molar refractivity (Wildman–Crippen MR) is 67.5 cm³/mol. The number of fused-ring (bicyclic) bond motifs is 1. The lowest BCUT2D eigenvalue weighted by atomic mass is 10.1. The summed E-state index contributed by atoms with van der Waals surface area (Å²) in [7, 11) is -1.14. The van der Waals surface area contributed by atoms with E-state index in [1.165, 1.54) is 17.5 Å². The summed E-state index contributed by atoms with van der Waals surface area (Å²) < 4.78 is 12.1. The van der Waals surface area contributed by atoms with Gasteiger partial charge < -0.3 is 0 Å². The molecule has 17 heavy (non-hydrogen) atoms. The highest BCUT2D eigenvalue weighted by atomic mass is 32.2. The third-order valence-corrected chi connectivity index (χ3v) is 4.97. The Bertz CT molecular complexity index is 489. The van der Waals surface area contributed by atoms with Crippen molar-refractivity contribution in [2.75, 3.05) is 5.75 Å². The second kappa shape index (κ2) is 4.37. The van der Waals surface area contributed by atoms with E-state index < -0.39 is 10.8 Å². The normalized spacial score (nSPS) is 20.0. The van der Waals surface area contributed by atoms with Crippen LogP contribution in [0.15, 0.2) is 23.1 Å². The summed E-state index contributed by atoms with van der Waals surface area (Å²) in [6, 6.07) is 6.05. The fourth-order valence-electron chi connectivity index (χ4n) is 2.43. The lowest BCUT2D eigenvalue weighted by Crippen LogP contribution is -2.12. The largest absolute Gasteiger partial charge is 0.298 e. The fraction of sp³-hybridized carbons (Fsp3) is 0.500. The average Bonchev–Trinajstić information content (AvgIpc) is 3.07. The predicted octanol–water partition coefficient (Wildman–Crippen LogP) is 2.26. The number of benzene rings is 1. The van der Waals surface area contributed by atoms with E-state index in [4.69, 9.17) is 0 Å². The first-order valence-corrected chi connectivity index (χ1v) is 7.59. The number of Topliss-reactive ketones (excluding diaryl/α,β-unsaturated/α-hetero) is 1. The Labute approximate surface area is 104 Å². The van der Waals surface area contributed by atoms with Gasteiger partial charge in [-0.05, 0) is 55.4 Å². The van der Waals surface area contributed by atoms with E-state index in [0.29, 0.717) is 0 Å². The standard InChI is InChI=1S/C14H16O2S/c15-14(11-4-5-11)9-17(16)13-7-6-10-2-1-3-12(10)8-13/h6-8,11H,1-5,9H2. The van der Waals surface area contributed by atoms with Crippen LogP contribution in [0, 0.1) is 5.92 Å². The van der Waals surface area contributed by atoms with Crippen LogP contribution >= 0.6 is 0 Å². The van der Waals surface area contributed by atoms with Crippen LogP contribution in [0.5, 0.6) is 0 Å². The molecule has 0 spiro atoms. The van der Waals surface area contributed by atoms with Gasteiger partial charge in [0.15, 0.2) is 0 Å². The number of hydrogen-bond donors (Lipinski definition) is 0. The molecule has 90 valence electrons. The first-order valence-electron chi connectivity index (χ1n) is 6.27. The second-order valence-electron chi connectivity index (χ2n) is 5.01. The molecule has 2 aliphatic carbocycles. The summed E-state index contributed by atoms with van der Waals surface area (Å²) in [6.45, 7) is 0. The number of carbonyl (C=O) groups is 1. The molecule has 0 saturated heterocycles. The van der Waals surface area contributed by atoms with Crippen molar-refractivity contribution in [3.8, 4) is 0 Å². The van der Waals surface area contributed by atoms with Gasteiger partial charge in [0.05, 0.1) is 16.6 Å². The first-order chi connectivity index (χ1) is 8.24. The van der Waals surface area contributed by atoms with E-state index in [1.54, 1.807) is 0 Å². The molecule has 0 aromatic heterocycles. The average molecular weight is 248 g/mol. The van der Waals surface area contributed by atoms with Crippen molar-refractivity contribution in [2.24, 2.45) is 5.92 Å². The van der Waals surface area contributed by atoms with Gasteiger partial charge in [-0.3, -0.25) is 9.00 Å². The molecule has 0 bridgehead atoms. The van der Waals surface area contributed by atoms with Crippen LogP contribution in [0.25, 0.3) is 0 Å². The van der Waals surface area contributed by atoms with Crippen LogP contribution in [-0.4, -0.2) is 15.7 Å². The van der Waals surface area contributed by atoms with E-state index in [1.807, 2.05) is 12.1 Å². The minimum atomic E-state index is -1.14. The highest BCUT2D eigenvalue weighted by Gasteiger charge is 2.30. The molecular weight excluding hydrogens is 232 g/mol. The Morgan fingerprint density at radius 1 is 1.24 bits per heavy atom. The summed E-state index contributed by atoms with van der Waals surface area (Å²) in [5, 5.41) is 0. The van der Waals surface area contributed by atoms with Crippen molar-refractivity contribution in [2.45, 2.75) is 37.0 Å². The van der Waals surface area contributed by atoms with E-state index in [9.17, 15) is 9.00 Å². The van der Waals surface area contributed by atoms with Gasteiger partial charge in [-0.25, -0.2) is 0 Å². The zero-order chi connectivity index (χ0) is 11.8. The van der Waals surface area contributed by atoms with Gasteiger partial charge in [-0.2, -0.15) is 0 Å². The highest BCUT2D eigenvalue weighted by Crippen LogP contribution is 2.30. The molecule has 2 aliphatic rings. The number of hydrogen-bond acceptors (Lipinski definition) is 2. The maximum absolute atomic E-state index is 12.1. The lowest BCUT2D eigenvalue weighted by Gasteiger charge is -2.04. The van der Waals surface area contributed by atoms with Crippen molar-refractivity contribution in [1.29, 1.82) is 0 Å². The van der Waals surface area contributed by atoms with Gasteiger partial charge in [0.25, 0.3) is 0 Å². The van der Waals surface area contributed by atoms with Gasteiger partial charge in [-0.15, -0.1) is 0 Å². The van der Waals surface area contributed by atoms with Crippen LogP contribution in [0.1, 0.15) is 30.4 Å². The van der Waals surface area contributed by atoms with Crippen molar-refractivity contribution < 1.29 is 9.00 Å². The minimum Gasteiger partial charge on any atom is -0.298 e. The SMILES string of the molecule is O=C(CS(=O)c1ccc2c(c1)CCC2)C1CC1. The van der Waals surface area contributed by atoms with Gasteiger partial charge >= 0.3 is 0 Å². The van der Waals surface area contributed by atoms with E-state index in [0.717, 1.165) is 30.6 Å². The molecule has 1 aromatic rings. The topological polar surface area (TPSA) is 34.1 Å². The van der Waals surface area contributed by atoms with E-state index >= 15 is 0 Å². The zero-order valence-electron chi connectivity index (χ0n) is 9.78. The Balaban J connectivity index is 1.74. The molecule has 1 unspecified atom stereocenters. The third kappa shape index (κ3) is 2.34. The van der Waals surface area contributed by atoms with Crippen LogP contribution in [0.2, 0.25) is 0 Å². The summed E-state index contributed by atoms with van der Waals surface area (Å²) in [5.74, 6) is 0.612. The number of aryl methyl sites for hydroxylation is 2. The molecule has 3 rings (SSSR count). The maximum atomic E-state index is 12.1. The van der Waals surface area contributed by atoms with Gasteiger partial charge in [0.2, 0.25) is 0 Å². The van der Waals surface area contributed by atoms with Crippen LogP contribution in [0.3, 0.4) is 0 Å². The molecule has 1 saturated carbocycles. The fourth-order valence-corrected chi connectivity index (χ4v) is 3.58. The van der Waals surface area contributed by atoms with Crippen LogP contribution < -0.4 is 0 Å². The lowest BCUT2D eigenvalue weighted by molar-refractivity contribution is -0.117. The van der Waals surface area contributed by atoms with Crippen molar-refractivity contribution in [3.63, 3.8) is 0 Å². The molecular formula is C14H16O2S. The number of rotatable bonds is 4. The monoisotopic (exact) mass is 248 g/mol. The van der Waals surface area contributed by atoms with Crippen molar-refractivity contribution >= 4 is 16.6 Å². The van der Waals surface area contributed by atoms with Crippen LogP contribution in [-0.2, 0) is 28.4 Å². The van der Waals surface area contributed by atoms with Crippen molar-refractivity contribution in [3.05, 3.63) is 29.3 Å². The second-order valence-corrected chi connectivity index (χ2v) is 6.47. The Kier molecular flexibility index (Phi) is 2.87. The Hall–Kier alpha value is -0.960. The van der Waals surface area contributed by atoms with Crippen LogP contribution in [0.4, 0.5) is 0 Å². The van der Waals surface area contributed by atoms with Gasteiger partial charge in [0, 0.05) is 10.8 Å². The molecule has 0 N–H and O–H groups in total. The van der Waals surface area contributed by atoms with Crippen molar-refractivity contribution in [1.82, 2.24) is 0 Å². The van der Waals surface area contributed by atoms with Gasteiger partial charge in [0.1, 0.15) is 5.78 Å².